The Balaban J connectivity index is 2.41. The molecule has 2 aromatic rings. The van der Waals surface area contributed by atoms with Gasteiger partial charge in [0, 0.05) is 23.0 Å². The first-order valence-electron chi connectivity index (χ1n) is 6.39. The second-order valence-corrected chi connectivity index (χ2v) is 4.87. The summed E-state index contributed by atoms with van der Waals surface area (Å²) in [6.45, 7) is 3.89. The van der Waals surface area contributed by atoms with Crippen molar-refractivity contribution < 1.29 is 4.79 Å². The Morgan fingerprint density at radius 3 is 2.84 bits per heavy atom. The van der Waals surface area contributed by atoms with E-state index < -0.39 is 0 Å². The number of rotatable bonds is 4. The van der Waals surface area contributed by atoms with Crippen LogP contribution in [0.5, 0.6) is 0 Å². The minimum atomic E-state index is -0.0887. The highest BCUT2D eigenvalue weighted by atomic mass is 35.5. The van der Waals surface area contributed by atoms with Crippen LogP contribution < -0.4 is 5.32 Å². The lowest BCUT2D eigenvalue weighted by Crippen LogP contribution is -2.35. The summed E-state index contributed by atoms with van der Waals surface area (Å²) in [4.78, 5) is 16.8. The fourth-order valence-electron chi connectivity index (χ4n) is 2.01. The molecule has 4 heteroatoms. The molecular weight excluding hydrogens is 260 g/mol. The van der Waals surface area contributed by atoms with Crippen LogP contribution in [0.3, 0.4) is 0 Å². The first-order chi connectivity index (χ1) is 9.15. The molecule has 1 atom stereocenters. The summed E-state index contributed by atoms with van der Waals surface area (Å²) in [6.07, 6.45) is 0.817. The summed E-state index contributed by atoms with van der Waals surface area (Å²) in [5.41, 5.74) is 2.33. The summed E-state index contributed by atoms with van der Waals surface area (Å²) in [7, 11) is 0. The van der Waals surface area contributed by atoms with Gasteiger partial charge in [-0.3, -0.25) is 9.78 Å². The number of amides is 1. The van der Waals surface area contributed by atoms with E-state index >= 15 is 0 Å². The maximum absolute atomic E-state index is 12.3. The Kier molecular flexibility index (Phi) is 4.38. The topological polar surface area (TPSA) is 42.0 Å². The highest BCUT2D eigenvalue weighted by Crippen LogP contribution is 2.18. The molecule has 0 saturated heterocycles. The number of aromatic nitrogens is 1. The smallest absolute Gasteiger partial charge is 0.252 e. The Morgan fingerprint density at radius 2 is 2.16 bits per heavy atom. The van der Waals surface area contributed by atoms with E-state index in [-0.39, 0.29) is 11.9 Å². The number of aryl methyl sites for hydroxylation is 1. The molecule has 1 heterocycles. The van der Waals surface area contributed by atoms with Crippen molar-refractivity contribution in [3.8, 4) is 0 Å². The van der Waals surface area contributed by atoms with Crippen LogP contribution in [0.2, 0.25) is 0 Å². The average Bonchev–Trinajstić information content (AvgIpc) is 2.43. The molecule has 19 heavy (non-hydrogen) atoms. The highest BCUT2D eigenvalue weighted by molar-refractivity contribution is 6.18. The number of fused-ring (bicyclic) bond motifs is 1. The fraction of sp³-hybridized carbons (Fsp3) is 0.333. The van der Waals surface area contributed by atoms with Crippen LogP contribution in [0.25, 0.3) is 10.9 Å². The van der Waals surface area contributed by atoms with Crippen molar-refractivity contribution in [3.63, 3.8) is 0 Å². The van der Waals surface area contributed by atoms with Crippen molar-refractivity contribution in [2.45, 2.75) is 26.3 Å². The quantitative estimate of drug-likeness (QED) is 0.871. The third-order valence-electron chi connectivity index (χ3n) is 3.10. The van der Waals surface area contributed by atoms with Crippen molar-refractivity contribution >= 4 is 28.4 Å². The first kappa shape index (κ1) is 13.8. The lowest BCUT2D eigenvalue weighted by Gasteiger charge is -2.15. The fourth-order valence-corrected chi connectivity index (χ4v) is 2.30. The molecule has 0 saturated carbocycles. The molecule has 0 radical (unpaired) electrons. The van der Waals surface area contributed by atoms with Gasteiger partial charge >= 0.3 is 0 Å². The van der Waals surface area contributed by atoms with Gasteiger partial charge in [-0.1, -0.05) is 25.1 Å². The van der Waals surface area contributed by atoms with Crippen molar-refractivity contribution in [3.05, 3.63) is 41.6 Å². The van der Waals surface area contributed by atoms with E-state index in [2.05, 4.69) is 10.3 Å². The van der Waals surface area contributed by atoms with Crippen LogP contribution in [0.1, 0.15) is 29.4 Å². The number of alkyl halides is 1. The van der Waals surface area contributed by atoms with E-state index in [1.54, 1.807) is 0 Å². The predicted octanol–water partition coefficient (Wildman–Crippen LogP) is 3.29. The van der Waals surface area contributed by atoms with Crippen molar-refractivity contribution in [1.82, 2.24) is 10.3 Å². The molecule has 3 nitrogen and oxygen atoms in total. The van der Waals surface area contributed by atoms with Gasteiger partial charge in [0.15, 0.2) is 0 Å². The number of para-hydroxylation sites is 1. The Morgan fingerprint density at radius 1 is 1.42 bits per heavy atom. The normalized spacial score (nSPS) is 12.4. The van der Waals surface area contributed by atoms with Gasteiger partial charge in [-0.15, -0.1) is 11.6 Å². The van der Waals surface area contributed by atoms with E-state index in [0.717, 1.165) is 23.0 Å². The monoisotopic (exact) mass is 276 g/mol. The molecule has 0 aliphatic heterocycles. The number of pyridine rings is 1. The third-order valence-corrected chi connectivity index (χ3v) is 3.48. The van der Waals surface area contributed by atoms with E-state index in [1.807, 2.05) is 44.2 Å². The number of benzene rings is 1. The Labute approximate surface area is 118 Å². The molecule has 100 valence electrons. The zero-order chi connectivity index (χ0) is 13.8. The minimum absolute atomic E-state index is 0.00130. The van der Waals surface area contributed by atoms with Crippen LogP contribution >= 0.6 is 11.6 Å². The van der Waals surface area contributed by atoms with Crippen LogP contribution in [0.15, 0.2) is 30.3 Å². The first-order valence-corrected chi connectivity index (χ1v) is 6.92. The van der Waals surface area contributed by atoms with E-state index in [1.165, 1.54) is 0 Å². The number of nitrogens with one attached hydrogen (secondary N) is 1. The number of nitrogens with zero attached hydrogens (tertiary/aromatic N) is 1. The summed E-state index contributed by atoms with van der Waals surface area (Å²) in [5, 5.41) is 3.82. The molecule has 0 bridgehead atoms. The molecule has 1 aromatic heterocycles. The predicted molar refractivity (Wildman–Crippen MR) is 78.7 cm³/mol. The molecule has 1 amide bonds. The molecule has 0 aliphatic rings. The number of halogens is 1. The average molecular weight is 277 g/mol. The van der Waals surface area contributed by atoms with Crippen LogP contribution in [0.4, 0.5) is 0 Å². The second kappa shape index (κ2) is 6.02. The number of carbonyl (C=O) groups is 1. The molecule has 0 spiro atoms. The van der Waals surface area contributed by atoms with Crippen LogP contribution in [0, 0.1) is 6.92 Å². The maximum Gasteiger partial charge on any atom is 0.252 e. The summed E-state index contributed by atoms with van der Waals surface area (Å²) in [5.74, 6) is 0.332. The van der Waals surface area contributed by atoms with Gasteiger partial charge in [0.2, 0.25) is 0 Å². The summed E-state index contributed by atoms with van der Waals surface area (Å²) < 4.78 is 0. The number of hydrogen-bond acceptors (Lipinski definition) is 2. The molecule has 0 aliphatic carbocycles. The molecule has 1 N–H and O–H groups in total. The molecule has 1 aromatic carbocycles. The molecule has 1 unspecified atom stereocenters. The second-order valence-electron chi connectivity index (χ2n) is 4.56. The Bertz CT molecular complexity index is 594. The zero-order valence-corrected chi connectivity index (χ0v) is 11.9. The van der Waals surface area contributed by atoms with Gasteiger partial charge in [0.05, 0.1) is 11.1 Å². The Hall–Kier alpha value is -1.61. The van der Waals surface area contributed by atoms with E-state index in [0.29, 0.717) is 11.4 Å². The molecule has 0 fully saturated rings. The zero-order valence-electron chi connectivity index (χ0n) is 11.1. The lowest BCUT2D eigenvalue weighted by molar-refractivity contribution is 0.0941. The summed E-state index contributed by atoms with van der Waals surface area (Å²) in [6, 6.07) is 9.48. The molecular formula is C15H17ClN2O. The highest BCUT2D eigenvalue weighted by Gasteiger charge is 2.14. The largest absolute Gasteiger partial charge is 0.348 e. The summed E-state index contributed by atoms with van der Waals surface area (Å²) >= 11 is 5.82. The van der Waals surface area contributed by atoms with Gasteiger partial charge in [0.1, 0.15) is 0 Å². The van der Waals surface area contributed by atoms with Crippen molar-refractivity contribution in [1.29, 1.82) is 0 Å². The minimum Gasteiger partial charge on any atom is -0.348 e. The van der Waals surface area contributed by atoms with Gasteiger partial charge in [-0.2, -0.15) is 0 Å². The van der Waals surface area contributed by atoms with Crippen molar-refractivity contribution in [2.24, 2.45) is 0 Å². The number of carbonyl (C=O) groups excluding carboxylic acids is 1. The molecule has 2 rings (SSSR count). The van der Waals surface area contributed by atoms with Crippen LogP contribution in [-0.4, -0.2) is 22.8 Å². The maximum atomic E-state index is 12.3. The SMILES string of the molecule is CCC(CCl)NC(=O)c1cc(C)nc2ccccc12. The number of hydrogen-bond donors (Lipinski definition) is 1. The van der Waals surface area contributed by atoms with Gasteiger partial charge in [-0.25, -0.2) is 0 Å². The third kappa shape index (κ3) is 3.04. The van der Waals surface area contributed by atoms with Gasteiger partial charge < -0.3 is 5.32 Å². The van der Waals surface area contributed by atoms with Crippen LogP contribution in [-0.2, 0) is 0 Å². The van der Waals surface area contributed by atoms with E-state index in [9.17, 15) is 4.79 Å². The van der Waals surface area contributed by atoms with Crippen molar-refractivity contribution in [2.75, 3.05) is 5.88 Å². The van der Waals surface area contributed by atoms with Gasteiger partial charge in [0.25, 0.3) is 5.91 Å². The lowest BCUT2D eigenvalue weighted by atomic mass is 10.1. The van der Waals surface area contributed by atoms with Gasteiger partial charge in [-0.05, 0) is 25.5 Å². The standard InChI is InChI=1S/C15H17ClN2O/c1-3-11(9-16)18-15(19)13-8-10(2)17-14-7-5-4-6-12(13)14/h4-8,11H,3,9H2,1-2H3,(H,18,19). The van der Waals surface area contributed by atoms with E-state index in [4.69, 9.17) is 11.6 Å².